The molecule has 1 aromatic rings. The SMILES string of the molecule is Cc1c(Br)cccc1C(=O)N1CCC(N2CCCCC2)C1. The van der Waals surface area contributed by atoms with Crippen LogP contribution in [-0.2, 0) is 0 Å². The predicted molar refractivity (Wildman–Crippen MR) is 88.6 cm³/mol. The summed E-state index contributed by atoms with van der Waals surface area (Å²) < 4.78 is 1.01. The van der Waals surface area contributed by atoms with E-state index in [4.69, 9.17) is 0 Å². The summed E-state index contributed by atoms with van der Waals surface area (Å²) in [7, 11) is 0. The number of carbonyl (C=O) groups is 1. The Hall–Kier alpha value is -0.870. The summed E-state index contributed by atoms with van der Waals surface area (Å²) >= 11 is 3.52. The minimum atomic E-state index is 0.188. The van der Waals surface area contributed by atoms with Gasteiger partial charge in [0.15, 0.2) is 0 Å². The fourth-order valence-electron chi connectivity index (χ4n) is 3.52. The van der Waals surface area contributed by atoms with Crippen molar-refractivity contribution in [2.45, 2.75) is 38.6 Å². The first kappa shape index (κ1) is 15.0. The number of benzene rings is 1. The monoisotopic (exact) mass is 350 g/mol. The average Bonchev–Trinajstić information content (AvgIpc) is 3.00. The zero-order valence-electron chi connectivity index (χ0n) is 12.6. The number of likely N-dealkylation sites (tertiary alicyclic amines) is 2. The molecule has 1 atom stereocenters. The molecule has 114 valence electrons. The second-order valence-corrected chi connectivity index (χ2v) is 7.06. The lowest BCUT2D eigenvalue weighted by molar-refractivity contribution is 0.0770. The molecular formula is C17H23BrN2O. The molecule has 0 saturated carbocycles. The number of rotatable bonds is 2. The fraction of sp³-hybridized carbons (Fsp3) is 0.588. The van der Waals surface area contributed by atoms with Gasteiger partial charge in [0.1, 0.15) is 0 Å². The first-order valence-electron chi connectivity index (χ1n) is 7.95. The van der Waals surface area contributed by atoms with Crippen molar-refractivity contribution in [2.75, 3.05) is 26.2 Å². The average molecular weight is 351 g/mol. The fourth-order valence-corrected chi connectivity index (χ4v) is 3.88. The van der Waals surface area contributed by atoms with Gasteiger partial charge in [0.05, 0.1) is 0 Å². The highest BCUT2D eigenvalue weighted by Crippen LogP contribution is 2.25. The Kier molecular flexibility index (Phi) is 4.65. The standard InChI is InChI=1S/C17H23BrN2O/c1-13-15(6-5-7-16(13)18)17(21)20-11-8-14(12-20)19-9-3-2-4-10-19/h5-7,14H,2-4,8-12H2,1H3. The zero-order valence-corrected chi connectivity index (χ0v) is 14.2. The molecule has 1 amide bonds. The van der Waals surface area contributed by atoms with E-state index in [9.17, 15) is 4.79 Å². The first-order chi connectivity index (χ1) is 10.2. The van der Waals surface area contributed by atoms with Crippen molar-refractivity contribution in [1.82, 2.24) is 9.80 Å². The predicted octanol–water partition coefficient (Wildman–Crippen LogP) is 3.46. The van der Waals surface area contributed by atoms with Crippen molar-refractivity contribution in [2.24, 2.45) is 0 Å². The molecule has 0 aromatic heterocycles. The summed E-state index contributed by atoms with van der Waals surface area (Å²) in [5.41, 5.74) is 1.88. The summed E-state index contributed by atoms with van der Waals surface area (Å²) in [6.45, 7) is 6.22. The molecule has 3 rings (SSSR count). The van der Waals surface area contributed by atoms with Crippen molar-refractivity contribution in [3.63, 3.8) is 0 Å². The van der Waals surface area contributed by atoms with Crippen molar-refractivity contribution in [3.05, 3.63) is 33.8 Å². The Morgan fingerprint density at radius 1 is 1.19 bits per heavy atom. The highest BCUT2D eigenvalue weighted by atomic mass is 79.9. The molecule has 2 fully saturated rings. The van der Waals surface area contributed by atoms with E-state index in [-0.39, 0.29) is 5.91 Å². The highest BCUT2D eigenvalue weighted by molar-refractivity contribution is 9.10. The molecule has 1 unspecified atom stereocenters. The van der Waals surface area contributed by atoms with Crippen LogP contribution in [0.25, 0.3) is 0 Å². The lowest BCUT2D eigenvalue weighted by Crippen LogP contribution is -2.41. The molecule has 2 aliphatic rings. The number of halogens is 1. The van der Waals surface area contributed by atoms with Crippen LogP contribution in [0, 0.1) is 6.92 Å². The van der Waals surface area contributed by atoms with Crippen LogP contribution in [0.15, 0.2) is 22.7 Å². The number of amides is 1. The maximum absolute atomic E-state index is 12.7. The summed E-state index contributed by atoms with van der Waals surface area (Å²) in [6.07, 6.45) is 5.12. The second-order valence-electron chi connectivity index (χ2n) is 6.20. The van der Waals surface area contributed by atoms with E-state index in [1.165, 1.54) is 32.4 Å². The quantitative estimate of drug-likeness (QED) is 0.815. The smallest absolute Gasteiger partial charge is 0.254 e. The van der Waals surface area contributed by atoms with Gasteiger partial charge in [0, 0.05) is 29.2 Å². The van der Waals surface area contributed by atoms with E-state index in [2.05, 4.69) is 20.8 Å². The number of carbonyl (C=O) groups excluding carboxylic acids is 1. The van der Waals surface area contributed by atoms with E-state index in [0.29, 0.717) is 6.04 Å². The topological polar surface area (TPSA) is 23.6 Å². The number of piperidine rings is 1. The van der Waals surface area contributed by atoms with Gasteiger partial charge < -0.3 is 4.90 Å². The molecule has 1 aromatic carbocycles. The van der Waals surface area contributed by atoms with Gasteiger partial charge in [-0.1, -0.05) is 28.4 Å². The number of hydrogen-bond acceptors (Lipinski definition) is 2. The highest BCUT2D eigenvalue weighted by Gasteiger charge is 2.31. The minimum Gasteiger partial charge on any atom is -0.337 e. The third-order valence-electron chi connectivity index (χ3n) is 4.86. The minimum absolute atomic E-state index is 0.188. The molecule has 21 heavy (non-hydrogen) atoms. The van der Waals surface area contributed by atoms with Gasteiger partial charge in [-0.3, -0.25) is 9.69 Å². The van der Waals surface area contributed by atoms with Gasteiger partial charge >= 0.3 is 0 Å². The van der Waals surface area contributed by atoms with Crippen LogP contribution < -0.4 is 0 Å². The number of nitrogens with zero attached hydrogens (tertiary/aromatic N) is 2. The van der Waals surface area contributed by atoms with E-state index in [0.717, 1.165) is 35.1 Å². The Morgan fingerprint density at radius 3 is 2.71 bits per heavy atom. The molecule has 0 aliphatic carbocycles. The van der Waals surface area contributed by atoms with Gasteiger partial charge in [-0.25, -0.2) is 0 Å². The summed E-state index contributed by atoms with van der Waals surface area (Å²) in [6, 6.07) is 6.45. The van der Waals surface area contributed by atoms with Crippen LogP contribution in [0.2, 0.25) is 0 Å². The Balaban J connectivity index is 1.68. The van der Waals surface area contributed by atoms with Crippen molar-refractivity contribution < 1.29 is 4.79 Å². The van der Waals surface area contributed by atoms with E-state index >= 15 is 0 Å². The Labute approximate surface area is 135 Å². The maximum Gasteiger partial charge on any atom is 0.254 e. The molecular weight excluding hydrogens is 328 g/mol. The molecule has 2 aliphatic heterocycles. The molecule has 0 radical (unpaired) electrons. The van der Waals surface area contributed by atoms with E-state index < -0.39 is 0 Å². The lowest BCUT2D eigenvalue weighted by Gasteiger charge is -2.32. The Bertz CT molecular complexity index is 526. The summed E-state index contributed by atoms with van der Waals surface area (Å²) in [4.78, 5) is 17.4. The second kappa shape index (κ2) is 6.49. The molecule has 2 heterocycles. The van der Waals surface area contributed by atoms with Gasteiger partial charge in [-0.15, -0.1) is 0 Å². The van der Waals surface area contributed by atoms with Crippen LogP contribution >= 0.6 is 15.9 Å². The molecule has 0 bridgehead atoms. The van der Waals surface area contributed by atoms with Gasteiger partial charge in [0.25, 0.3) is 5.91 Å². The molecule has 3 nitrogen and oxygen atoms in total. The third-order valence-corrected chi connectivity index (χ3v) is 5.71. The van der Waals surface area contributed by atoms with Crippen LogP contribution in [-0.4, -0.2) is 47.9 Å². The number of hydrogen-bond donors (Lipinski definition) is 0. The summed E-state index contributed by atoms with van der Waals surface area (Å²) in [5, 5.41) is 0. The van der Waals surface area contributed by atoms with Gasteiger partial charge in [-0.2, -0.15) is 0 Å². The van der Waals surface area contributed by atoms with Gasteiger partial charge in [-0.05, 0) is 57.0 Å². The van der Waals surface area contributed by atoms with E-state index in [1.54, 1.807) is 0 Å². The van der Waals surface area contributed by atoms with Crippen molar-refractivity contribution in [3.8, 4) is 0 Å². The first-order valence-corrected chi connectivity index (χ1v) is 8.74. The largest absolute Gasteiger partial charge is 0.337 e. The van der Waals surface area contributed by atoms with Gasteiger partial charge in [0.2, 0.25) is 0 Å². The van der Waals surface area contributed by atoms with Crippen LogP contribution in [0.3, 0.4) is 0 Å². The van der Waals surface area contributed by atoms with E-state index in [1.807, 2.05) is 30.0 Å². The molecule has 0 N–H and O–H groups in total. The Morgan fingerprint density at radius 2 is 1.95 bits per heavy atom. The van der Waals surface area contributed by atoms with Crippen LogP contribution in [0.1, 0.15) is 41.6 Å². The molecule has 4 heteroatoms. The normalized spacial score (nSPS) is 23.5. The maximum atomic E-state index is 12.7. The lowest BCUT2D eigenvalue weighted by atomic mass is 10.1. The van der Waals surface area contributed by atoms with Crippen LogP contribution in [0.5, 0.6) is 0 Å². The molecule has 0 spiro atoms. The van der Waals surface area contributed by atoms with Crippen molar-refractivity contribution in [1.29, 1.82) is 0 Å². The molecule has 2 saturated heterocycles. The third kappa shape index (κ3) is 3.16. The zero-order chi connectivity index (χ0) is 14.8. The summed E-state index contributed by atoms with van der Waals surface area (Å²) in [5.74, 6) is 0.188. The van der Waals surface area contributed by atoms with Crippen LogP contribution in [0.4, 0.5) is 0 Å². The van der Waals surface area contributed by atoms with Crippen molar-refractivity contribution >= 4 is 21.8 Å².